The van der Waals surface area contributed by atoms with Gasteiger partial charge < -0.3 is 10.2 Å². The second-order valence-corrected chi connectivity index (χ2v) is 8.50. The number of ketones is 1. The number of carbonyl (C=O) groups excluding carboxylic acids is 2. The zero-order chi connectivity index (χ0) is 18.7. The van der Waals surface area contributed by atoms with Crippen molar-refractivity contribution in [1.82, 2.24) is 10.2 Å². The molecule has 26 heavy (non-hydrogen) atoms. The van der Waals surface area contributed by atoms with Crippen LogP contribution in [-0.4, -0.2) is 40.2 Å². The SMILES string of the molecule is C=CCNc1nnc(SC(C)C(=O)c2ccc3c(c2)CCN3C(C)=O)s1. The van der Waals surface area contributed by atoms with Gasteiger partial charge in [-0.15, -0.1) is 16.8 Å². The molecule has 8 heteroatoms. The fraction of sp³-hybridized carbons (Fsp3) is 0.333. The standard InChI is InChI=1S/C18H20N4O2S2/c1-4-8-19-17-20-21-18(26-17)25-11(2)16(24)14-5-6-15-13(10-14)7-9-22(15)12(3)23/h4-6,10-11H,1,7-9H2,2-3H3,(H,19,20). The summed E-state index contributed by atoms with van der Waals surface area (Å²) < 4.78 is 0.751. The summed E-state index contributed by atoms with van der Waals surface area (Å²) in [5, 5.41) is 11.7. The van der Waals surface area contributed by atoms with Crippen molar-refractivity contribution in [2.45, 2.75) is 29.9 Å². The van der Waals surface area contributed by atoms with Crippen molar-refractivity contribution in [2.75, 3.05) is 23.3 Å². The molecule has 0 saturated carbocycles. The van der Waals surface area contributed by atoms with Crippen LogP contribution in [0.5, 0.6) is 0 Å². The highest BCUT2D eigenvalue weighted by Crippen LogP contribution is 2.33. The van der Waals surface area contributed by atoms with Crippen LogP contribution in [0.4, 0.5) is 10.8 Å². The smallest absolute Gasteiger partial charge is 0.223 e. The quantitative estimate of drug-likeness (QED) is 0.445. The summed E-state index contributed by atoms with van der Waals surface area (Å²) in [6, 6.07) is 5.59. The maximum absolute atomic E-state index is 12.8. The van der Waals surface area contributed by atoms with E-state index in [4.69, 9.17) is 0 Å². The average molecular weight is 389 g/mol. The molecule has 2 aromatic rings. The van der Waals surface area contributed by atoms with Crippen LogP contribution in [0.2, 0.25) is 0 Å². The van der Waals surface area contributed by atoms with E-state index in [2.05, 4.69) is 22.1 Å². The van der Waals surface area contributed by atoms with Gasteiger partial charge >= 0.3 is 0 Å². The predicted molar refractivity (Wildman–Crippen MR) is 106 cm³/mol. The van der Waals surface area contributed by atoms with Gasteiger partial charge in [0.1, 0.15) is 0 Å². The molecule has 0 spiro atoms. The third-order valence-electron chi connectivity index (χ3n) is 4.09. The summed E-state index contributed by atoms with van der Waals surface area (Å²) in [6.45, 7) is 8.39. The van der Waals surface area contributed by atoms with Gasteiger partial charge in [-0.2, -0.15) is 0 Å². The van der Waals surface area contributed by atoms with Gasteiger partial charge in [0.2, 0.25) is 11.0 Å². The third kappa shape index (κ3) is 3.96. The van der Waals surface area contributed by atoms with Crippen molar-refractivity contribution < 1.29 is 9.59 Å². The van der Waals surface area contributed by atoms with Gasteiger partial charge in [-0.1, -0.05) is 29.2 Å². The fourth-order valence-corrected chi connectivity index (χ4v) is 4.79. The topological polar surface area (TPSA) is 75.2 Å². The number of amides is 1. The molecule has 1 unspecified atom stereocenters. The summed E-state index contributed by atoms with van der Waals surface area (Å²) in [4.78, 5) is 26.2. The summed E-state index contributed by atoms with van der Waals surface area (Å²) in [5.74, 6) is 0.0822. The lowest BCUT2D eigenvalue weighted by atomic mass is 10.0. The minimum atomic E-state index is -0.265. The van der Waals surface area contributed by atoms with Crippen molar-refractivity contribution in [3.63, 3.8) is 0 Å². The second kappa shape index (κ2) is 8.01. The molecule has 1 N–H and O–H groups in total. The third-order valence-corrected chi connectivity index (χ3v) is 6.16. The van der Waals surface area contributed by atoms with Gasteiger partial charge in [-0.25, -0.2) is 0 Å². The van der Waals surface area contributed by atoms with Gasteiger partial charge in [0.25, 0.3) is 0 Å². The van der Waals surface area contributed by atoms with Crippen LogP contribution in [0.15, 0.2) is 35.2 Å². The number of rotatable bonds is 7. The van der Waals surface area contributed by atoms with E-state index in [1.54, 1.807) is 24.0 Å². The second-order valence-electron chi connectivity index (χ2n) is 5.93. The van der Waals surface area contributed by atoms with Crippen LogP contribution >= 0.6 is 23.1 Å². The molecule has 136 valence electrons. The van der Waals surface area contributed by atoms with Gasteiger partial charge in [0, 0.05) is 31.3 Å². The number of Topliss-reactive ketones (excluding diaryl/α,β-unsaturated/α-hetero) is 1. The molecule has 1 amide bonds. The number of nitrogens with one attached hydrogen (secondary N) is 1. The molecule has 1 aliphatic rings. The first kappa shape index (κ1) is 18.6. The molecule has 0 fully saturated rings. The Kier molecular flexibility index (Phi) is 5.73. The molecule has 3 rings (SSSR count). The Bertz CT molecular complexity index is 849. The van der Waals surface area contributed by atoms with Crippen molar-refractivity contribution in [3.05, 3.63) is 42.0 Å². The van der Waals surface area contributed by atoms with Crippen LogP contribution in [0.1, 0.15) is 29.8 Å². The van der Waals surface area contributed by atoms with Gasteiger partial charge in [-0.3, -0.25) is 9.59 Å². The Labute approximate surface area is 160 Å². The molecule has 1 aliphatic heterocycles. The van der Waals surface area contributed by atoms with E-state index in [9.17, 15) is 9.59 Å². The maximum atomic E-state index is 12.8. The van der Waals surface area contributed by atoms with E-state index in [1.165, 1.54) is 23.1 Å². The first-order chi connectivity index (χ1) is 12.5. The normalized spacial score (nSPS) is 14.0. The number of benzene rings is 1. The number of anilines is 2. The minimum Gasteiger partial charge on any atom is -0.357 e. The number of carbonyl (C=O) groups is 2. The van der Waals surface area contributed by atoms with E-state index in [0.29, 0.717) is 23.8 Å². The highest BCUT2D eigenvalue weighted by atomic mass is 32.2. The Morgan fingerprint density at radius 1 is 1.46 bits per heavy atom. The van der Waals surface area contributed by atoms with Crippen LogP contribution in [0, 0.1) is 0 Å². The molecular weight excluding hydrogens is 368 g/mol. The summed E-state index contributed by atoms with van der Waals surface area (Å²) in [7, 11) is 0. The molecule has 0 bridgehead atoms. The molecule has 0 radical (unpaired) electrons. The number of hydrogen-bond acceptors (Lipinski definition) is 7. The first-order valence-electron chi connectivity index (χ1n) is 8.29. The lowest BCUT2D eigenvalue weighted by Gasteiger charge is -2.15. The van der Waals surface area contributed by atoms with Crippen LogP contribution in [0.25, 0.3) is 0 Å². The van der Waals surface area contributed by atoms with Gasteiger partial charge in [0.05, 0.1) is 5.25 Å². The van der Waals surface area contributed by atoms with E-state index in [-0.39, 0.29) is 16.9 Å². The maximum Gasteiger partial charge on any atom is 0.223 e. The summed E-state index contributed by atoms with van der Waals surface area (Å²) >= 11 is 2.83. The molecular formula is C18H20N4O2S2. The average Bonchev–Trinajstić information content (AvgIpc) is 3.25. The molecule has 1 atom stereocenters. The lowest BCUT2D eigenvalue weighted by Crippen LogP contribution is -2.25. The van der Waals surface area contributed by atoms with Crippen molar-refractivity contribution >= 4 is 45.6 Å². The molecule has 1 aromatic heterocycles. The van der Waals surface area contributed by atoms with E-state index in [1.807, 2.05) is 19.1 Å². The Balaban J connectivity index is 1.68. The molecule has 2 heterocycles. The highest BCUT2D eigenvalue weighted by molar-refractivity contribution is 8.02. The van der Waals surface area contributed by atoms with Crippen molar-refractivity contribution in [3.8, 4) is 0 Å². The van der Waals surface area contributed by atoms with Crippen LogP contribution in [0.3, 0.4) is 0 Å². The van der Waals surface area contributed by atoms with E-state index < -0.39 is 0 Å². The zero-order valence-corrected chi connectivity index (χ0v) is 16.3. The van der Waals surface area contributed by atoms with E-state index >= 15 is 0 Å². The van der Waals surface area contributed by atoms with Gasteiger partial charge in [0.15, 0.2) is 10.1 Å². The molecule has 0 aliphatic carbocycles. The van der Waals surface area contributed by atoms with Crippen LogP contribution < -0.4 is 10.2 Å². The molecule has 6 nitrogen and oxygen atoms in total. The van der Waals surface area contributed by atoms with Crippen LogP contribution in [-0.2, 0) is 11.2 Å². The lowest BCUT2D eigenvalue weighted by molar-refractivity contribution is -0.116. The Hall–Kier alpha value is -2.19. The number of nitrogens with zero attached hydrogens (tertiary/aromatic N) is 3. The number of hydrogen-bond donors (Lipinski definition) is 1. The number of thioether (sulfide) groups is 1. The van der Waals surface area contributed by atoms with Gasteiger partial charge in [-0.05, 0) is 37.1 Å². The predicted octanol–water partition coefficient (Wildman–Crippen LogP) is 3.41. The highest BCUT2D eigenvalue weighted by Gasteiger charge is 2.25. The first-order valence-corrected chi connectivity index (χ1v) is 9.99. The Morgan fingerprint density at radius 3 is 3.00 bits per heavy atom. The summed E-state index contributed by atoms with van der Waals surface area (Å²) in [5.41, 5.74) is 2.63. The molecule has 1 aromatic carbocycles. The number of fused-ring (bicyclic) bond motifs is 1. The largest absolute Gasteiger partial charge is 0.357 e. The summed E-state index contributed by atoms with van der Waals surface area (Å²) in [6.07, 6.45) is 2.54. The molecule has 0 saturated heterocycles. The van der Waals surface area contributed by atoms with Crippen molar-refractivity contribution in [2.24, 2.45) is 0 Å². The Morgan fingerprint density at radius 2 is 2.27 bits per heavy atom. The zero-order valence-electron chi connectivity index (χ0n) is 14.7. The van der Waals surface area contributed by atoms with E-state index in [0.717, 1.165) is 22.0 Å². The monoisotopic (exact) mass is 388 g/mol. The minimum absolute atomic E-state index is 0.0314. The fourth-order valence-electron chi connectivity index (χ4n) is 2.81. The number of aromatic nitrogens is 2. The van der Waals surface area contributed by atoms with Crippen molar-refractivity contribution in [1.29, 1.82) is 0 Å².